The molecule has 16 heavy (non-hydrogen) atoms. The van der Waals surface area contributed by atoms with Crippen LogP contribution in [0.5, 0.6) is 0 Å². The van der Waals surface area contributed by atoms with Crippen molar-refractivity contribution in [3.63, 3.8) is 0 Å². The lowest BCUT2D eigenvalue weighted by atomic mass is 10.2. The summed E-state index contributed by atoms with van der Waals surface area (Å²) in [5.74, 6) is 0. The third-order valence-electron chi connectivity index (χ3n) is 4.26. The Balaban J connectivity index is 1.88. The molecule has 0 heterocycles. The Morgan fingerprint density at radius 3 is 1.19 bits per heavy atom. The molecule has 0 amide bonds. The van der Waals surface area contributed by atoms with E-state index in [0.717, 1.165) is 0 Å². The summed E-state index contributed by atoms with van der Waals surface area (Å²) in [5, 5.41) is 1.09. The zero-order chi connectivity index (χ0) is 11.2. The van der Waals surface area contributed by atoms with Crippen molar-refractivity contribution in [3.05, 3.63) is 0 Å². The van der Waals surface area contributed by atoms with Gasteiger partial charge in [0.15, 0.2) is 0 Å². The highest BCUT2D eigenvalue weighted by atomic mass is 32.2. The lowest BCUT2D eigenvalue weighted by Crippen LogP contribution is -2.25. The summed E-state index contributed by atoms with van der Waals surface area (Å²) in [6, 6.07) is 0. The van der Waals surface area contributed by atoms with Crippen molar-refractivity contribution in [3.8, 4) is 0 Å². The fourth-order valence-electron chi connectivity index (χ4n) is 3.22. The van der Waals surface area contributed by atoms with Crippen LogP contribution in [0.4, 0.5) is 0 Å². The number of rotatable bonds is 2. The zero-order valence-electron chi connectivity index (χ0n) is 10.5. The van der Waals surface area contributed by atoms with Crippen molar-refractivity contribution in [2.75, 3.05) is 0 Å². The maximum Gasteiger partial charge on any atom is 0.0350 e. The van der Waals surface area contributed by atoms with Gasteiger partial charge in [0.25, 0.3) is 0 Å². The Kier molecular flexibility index (Phi) is 5.34. The van der Waals surface area contributed by atoms with E-state index < -0.39 is 10.8 Å². The van der Waals surface area contributed by atoms with Gasteiger partial charge in [-0.05, 0) is 25.7 Å². The molecule has 0 aromatic rings. The summed E-state index contributed by atoms with van der Waals surface area (Å²) in [6.07, 6.45) is 15.7. The molecule has 0 N–H and O–H groups in total. The van der Waals surface area contributed by atoms with Gasteiger partial charge in [-0.15, -0.1) is 0 Å². The lowest BCUT2D eigenvalue weighted by molar-refractivity contribution is 0.608. The lowest BCUT2D eigenvalue weighted by Gasteiger charge is -2.21. The predicted molar refractivity (Wildman–Crippen MR) is 71.1 cm³/mol. The first-order valence-corrected chi connectivity index (χ1v) is 8.55. The molecular weight excluding hydrogens is 216 g/mol. The van der Waals surface area contributed by atoms with E-state index in [1.807, 2.05) is 0 Å². The second kappa shape index (κ2) is 6.78. The van der Waals surface area contributed by atoms with Gasteiger partial charge in [-0.1, -0.05) is 51.4 Å². The molecule has 94 valence electrons. The van der Waals surface area contributed by atoms with E-state index in [4.69, 9.17) is 0 Å². The maximum atomic E-state index is 12.6. The van der Waals surface area contributed by atoms with Gasteiger partial charge in [-0.25, -0.2) is 0 Å². The quantitative estimate of drug-likeness (QED) is 0.664. The van der Waals surface area contributed by atoms with Crippen LogP contribution in [0.2, 0.25) is 0 Å². The van der Waals surface area contributed by atoms with Crippen LogP contribution in [0.3, 0.4) is 0 Å². The van der Waals surface area contributed by atoms with Crippen molar-refractivity contribution in [1.82, 2.24) is 0 Å². The smallest absolute Gasteiger partial charge is 0.0350 e. The molecule has 1 nitrogen and oxygen atoms in total. The van der Waals surface area contributed by atoms with Crippen molar-refractivity contribution in [2.24, 2.45) is 0 Å². The van der Waals surface area contributed by atoms with Gasteiger partial charge in [0, 0.05) is 21.3 Å². The SMILES string of the molecule is O=S(C1CCCCCC1)C1CCCCCC1. The van der Waals surface area contributed by atoms with E-state index in [1.54, 1.807) is 0 Å². The molecule has 2 rings (SSSR count). The van der Waals surface area contributed by atoms with Crippen LogP contribution in [-0.2, 0) is 10.8 Å². The van der Waals surface area contributed by atoms with E-state index in [9.17, 15) is 4.21 Å². The normalized spacial score (nSPS) is 26.6. The summed E-state index contributed by atoms with van der Waals surface area (Å²) in [4.78, 5) is 0. The van der Waals surface area contributed by atoms with Crippen LogP contribution in [0, 0.1) is 0 Å². The van der Waals surface area contributed by atoms with Crippen LogP contribution in [0.1, 0.15) is 77.0 Å². The van der Waals surface area contributed by atoms with Gasteiger partial charge >= 0.3 is 0 Å². The monoisotopic (exact) mass is 242 g/mol. The van der Waals surface area contributed by atoms with Crippen LogP contribution < -0.4 is 0 Å². The van der Waals surface area contributed by atoms with Gasteiger partial charge in [0.2, 0.25) is 0 Å². The van der Waals surface area contributed by atoms with Crippen LogP contribution in [0.25, 0.3) is 0 Å². The largest absolute Gasteiger partial charge is 0.259 e. The molecule has 2 heteroatoms. The minimum absolute atomic E-state index is 0.515. The first kappa shape index (κ1) is 12.6. The average molecular weight is 242 g/mol. The van der Waals surface area contributed by atoms with Gasteiger partial charge in [-0.3, -0.25) is 4.21 Å². The van der Waals surface area contributed by atoms with Crippen molar-refractivity contribution in [1.29, 1.82) is 0 Å². The third-order valence-corrected chi connectivity index (χ3v) is 6.52. The van der Waals surface area contributed by atoms with E-state index in [0.29, 0.717) is 10.5 Å². The molecule has 0 unspecified atom stereocenters. The van der Waals surface area contributed by atoms with Crippen molar-refractivity contribution < 1.29 is 4.21 Å². The van der Waals surface area contributed by atoms with Crippen molar-refractivity contribution >= 4 is 10.8 Å². The molecule has 0 saturated heterocycles. The Morgan fingerprint density at radius 2 is 0.875 bits per heavy atom. The predicted octanol–water partition coefficient (Wildman–Crippen LogP) is 4.18. The molecule has 0 aromatic heterocycles. The Morgan fingerprint density at radius 1 is 0.562 bits per heavy atom. The van der Waals surface area contributed by atoms with Crippen LogP contribution >= 0.6 is 0 Å². The maximum absolute atomic E-state index is 12.6. The van der Waals surface area contributed by atoms with Crippen LogP contribution in [-0.4, -0.2) is 14.7 Å². The summed E-state index contributed by atoms with van der Waals surface area (Å²) in [7, 11) is -0.515. The summed E-state index contributed by atoms with van der Waals surface area (Å²) in [5.41, 5.74) is 0. The average Bonchev–Trinajstić information content (AvgIpc) is 2.73. The molecule has 0 spiro atoms. The molecule has 2 aliphatic carbocycles. The molecule has 2 saturated carbocycles. The highest BCUT2D eigenvalue weighted by Crippen LogP contribution is 2.28. The molecule has 2 aliphatic rings. The molecule has 0 bridgehead atoms. The van der Waals surface area contributed by atoms with E-state index in [-0.39, 0.29) is 0 Å². The highest BCUT2D eigenvalue weighted by Gasteiger charge is 2.26. The molecular formula is C14H26OS. The second-order valence-corrected chi connectivity index (χ2v) is 7.55. The van der Waals surface area contributed by atoms with Gasteiger partial charge in [0.1, 0.15) is 0 Å². The second-order valence-electron chi connectivity index (χ2n) is 5.56. The topological polar surface area (TPSA) is 17.1 Å². The molecule has 0 atom stereocenters. The standard InChI is InChI=1S/C14H26OS/c15-16(13-9-5-1-2-6-10-13)14-11-7-3-4-8-12-14/h13-14H,1-12H2. The summed E-state index contributed by atoms with van der Waals surface area (Å²) >= 11 is 0. The first-order chi connectivity index (χ1) is 7.88. The van der Waals surface area contributed by atoms with E-state index >= 15 is 0 Å². The van der Waals surface area contributed by atoms with E-state index in [2.05, 4.69) is 0 Å². The third kappa shape index (κ3) is 3.58. The molecule has 0 radical (unpaired) electrons. The fourth-order valence-corrected chi connectivity index (χ4v) is 5.36. The summed E-state index contributed by atoms with van der Waals surface area (Å²) in [6.45, 7) is 0. The van der Waals surface area contributed by atoms with Gasteiger partial charge in [0.05, 0.1) is 0 Å². The Labute approximate surface area is 103 Å². The molecule has 0 aliphatic heterocycles. The molecule has 2 fully saturated rings. The minimum atomic E-state index is -0.515. The van der Waals surface area contributed by atoms with E-state index in [1.165, 1.54) is 77.0 Å². The summed E-state index contributed by atoms with van der Waals surface area (Å²) < 4.78 is 12.6. The van der Waals surface area contributed by atoms with Crippen molar-refractivity contribution in [2.45, 2.75) is 87.5 Å². The first-order valence-electron chi connectivity index (χ1n) is 7.27. The number of hydrogen-bond acceptors (Lipinski definition) is 1. The van der Waals surface area contributed by atoms with Crippen LogP contribution in [0.15, 0.2) is 0 Å². The molecule has 0 aromatic carbocycles. The minimum Gasteiger partial charge on any atom is -0.259 e. The Hall–Kier alpha value is 0.150. The Bertz CT molecular complexity index is 189. The van der Waals surface area contributed by atoms with Gasteiger partial charge < -0.3 is 0 Å². The van der Waals surface area contributed by atoms with Gasteiger partial charge in [-0.2, -0.15) is 0 Å². The zero-order valence-corrected chi connectivity index (χ0v) is 11.3. The highest BCUT2D eigenvalue weighted by molar-refractivity contribution is 7.86. The fraction of sp³-hybridized carbons (Fsp3) is 1.00. The number of hydrogen-bond donors (Lipinski definition) is 0.